The van der Waals surface area contributed by atoms with Gasteiger partial charge in [-0.2, -0.15) is 0 Å². The zero-order chi connectivity index (χ0) is 18.1. The van der Waals surface area contributed by atoms with Crippen molar-refractivity contribution in [1.29, 1.82) is 0 Å². The standard InChI is InChI=1S/C16H17ClN2O5/c1-16(2)23-14(21)11(15(22)24-16)8-18-12-6-5-9(17)7-10(12)13(20)19(3)4/h5-8,18H,1-4H3. The Morgan fingerprint density at radius 3 is 2.33 bits per heavy atom. The highest BCUT2D eigenvalue weighted by Crippen LogP contribution is 2.25. The Morgan fingerprint density at radius 1 is 1.21 bits per heavy atom. The maximum Gasteiger partial charge on any atom is 0.350 e. The van der Waals surface area contributed by atoms with Crippen LogP contribution in [0, 0.1) is 0 Å². The molecule has 0 spiro atoms. The largest absolute Gasteiger partial charge is 0.419 e. The third-order valence-corrected chi connectivity index (χ3v) is 3.34. The summed E-state index contributed by atoms with van der Waals surface area (Å²) in [6.07, 6.45) is 1.15. The van der Waals surface area contributed by atoms with Gasteiger partial charge >= 0.3 is 11.9 Å². The van der Waals surface area contributed by atoms with E-state index in [-0.39, 0.29) is 11.5 Å². The number of esters is 2. The van der Waals surface area contributed by atoms with Crippen molar-refractivity contribution in [3.63, 3.8) is 0 Å². The average molecular weight is 353 g/mol. The Morgan fingerprint density at radius 2 is 1.79 bits per heavy atom. The molecule has 0 atom stereocenters. The van der Waals surface area contributed by atoms with Crippen molar-refractivity contribution in [2.45, 2.75) is 19.6 Å². The molecular weight excluding hydrogens is 336 g/mol. The van der Waals surface area contributed by atoms with Crippen LogP contribution in [-0.2, 0) is 19.1 Å². The molecule has 1 N–H and O–H groups in total. The van der Waals surface area contributed by atoms with Crippen LogP contribution in [0.1, 0.15) is 24.2 Å². The Bertz CT molecular complexity index is 718. The van der Waals surface area contributed by atoms with Gasteiger partial charge in [-0.3, -0.25) is 4.79 Å². The molecule has 0 aliphatic carbocycles. The SMILES string of the molecule is CN(C)C(=O)c1cc(Cl)ccc1NC=C1C(=O)OC(C)(C)OC1=O. The van der Waals surface area contributed by atoms with Crippen LogP contribution in [0.25, 0.3) is 0 Å². The van der Waals surface area contributed by atoms with Gasteiger partial charge in [0.1, 0.15) is 0 Å². The molecule has 0 bridgehead atoms. The van der Waals surface area contributed by atoms with Crippen LogP contribution in [-0.4, -0.2) is 42.6 Å². The minimum atomic E-state index is -1.31. The Kier molecular flexibility index (Phi) is 4.84. The summed E-state index contributed by atoms with van der Waals surface area (Å²) in [6.45, 7) is 2.92. The number of amides is 1. The lowest BCUT2D eigenvalue weighted by atomic mass is 10.1. The first-order valence-corrected chi connectivity index (χ1v) is 7.43. The Balaban J connectivity index is 2.30. The molecule has 2 rings (SSSR count). The summed E-state index contributed by atoms with van der Waals surface area (Å²) < 4.78 is 9.99. The first kappa shape index (κ1) is 17.8. The number of carbonyl (C=O) groups is 3. The average Bonchev–Trinajstić information content (AvgIpc) is 2.45. The van der Waals surface area contributed by atoms with E-state index < -0.39 is 17.7 Å². The lowest BCUT2D eigenvalue weighted by Crippen LogP contribution is -2.42. The molecule has 0 saturated carbocycles. The zero-order valence-electron chi connectivity index (χ0n) is 13.7. The third kappa shape index (κ3) is 3.86. The van der Waals surface area contributed by atoms with Crippen molar-refractivity contribution < 1.29 is 23.9 Å². The highest BCUT2D eigenvalue weighted by molar-refractivity contribution is 6.31. The van der Waals surface area contributed by atoms with Crippen molar-refractivity contribution in [1.82, 2.24) is 4.90 Å². The summed E-state index contributed by atoms with van der Waals surface area (Å²) in [5.41, 5.74) is 0.380. The number of hydrogen-bond acceptors (Lipinski definition) is 6. The van der Waals surface area contributed by atoms with Crippen molar-refractivity contribution in [3.8, 4) is 0 Å². The van der Waals surface area contributed by atoms with E-state index in [0.717, 1.165) is 6.20 Å². The van der Waals surface area contributed by atoms with Crippen molar-refractivity contribution in [2.24, 2.45) is 0 Å². The number of carbonyl (C=O) groups excluding carboxylic acids is 3. The summed E-state index contributed by atoms with van der Waals surface area (Å²) in [5, 5.41) is 3.15. The molecule has 128 valence electrons. The van der Waals surface area contributed by atoms with Gasteiger partial charge in [0.2, 0.25) is 0 Å². The first-order valence-electron chi connectivity index (χ1n) is 7.05. The number of hydrogen-bond donors (Lipinski definition) is 1. The van der Waals surface area contributed by atoms with Gasteiger partial charge in [-0.05, 0) is 18.2 Å². The maximum atomic E-state index is 12.2. The molecule has 1 aromatic carbocycles. The van der Waals surface area contributed by atoms with Gasteiger partial charge in [0.05, 0.1) is 11.3 Å². The van der Waals surface area contributed by atoms with Crippen molar-refractivity contribution >= 4 is 35.1 Å². The van der Waals surface area contributed by atoms with Crippen LogP contribution in [0.4, 0.5) is 5.69 Å². The van der Waals surface area contributed by atoms with Gasteiger partial charge in [0.15, 0.2) is 5.57 Å². The number of benzene rings is 1. The summed E-state index contributed by atoms with van der Waals surface area (Å²) in [7, 11) is 3.20. The normalized spacial score (nSPS) is 16.1. The van der Waals surface area contributed by atoms with E-state index in [9.17, 15) is 14.4 Å². The second-order valence-corrected chi connectivity index (χ2v) is 6.21. The predicted octanol–water partition coefficient (Wildman–Crippen LogP) is 2.17. The molecule has 0 aromatic heterocycles. The number of nitrogens with zero attached hydrogens (tertiary/aromatic N) is 1. The lowest BCUT2D eigenvalue weighted by Gasteiger charge is -2.29. The second kappa shape index (κ2) is 6.52. The molecular formula is C16H17ClN2O5. The molecule has 1 aliphatic heterocycles. The quantitative estimate of drug-likeness (QED) is 0.510. The maximum absolute atomic E-state index is 12.2. The molecule has 1 aromatic rings. The number of cyclic esters (lactones) is 2. The van der Waals surface area contributed by atoms with Crippen LogP contribution in [0.2, 0.25) is 5.02 Å². The van der Waals surface area contributed by atoms with Gasteiger partial charge < -0.3 is 19.7 Å². The number of nitrogens with one attached hydrogen (secondary N) is 1. The summed E-state index contributed by atoms with van der Waals surface area (Å²) in [4.78, 5) is 37.4. The second-order valence-electron chi connectivity index (χ2n) is 5.77. The molecule has 7 nitrogen and oxygen atoms in total. The van der Waals surface area contributed by atoms with E-state index in [1.165, 1.54) is 24.8 Å². The fraction of sp³-hybridized carbons (Fsp3) is 0.312. The summed E-state index contributed by atoms with van der Waals surface area (Å²) in [5.74, 6) is -3.21. The third-order valence-electron chi connectivity index (χ3n) is 3.11. The van der Waals surface area contributed by atoms with Crippen molar-refractivity contribution in [3.05, 3.63) is 40.6 Å². The molecule has 1 saturated heterocycles. The van der Waals surface area contributed by atoms with E-state index >= 15 is 0 Å². The number of ether oxygens (including phenoxy) is 2. The fourth-order valence-electron chi connectivity index (χ4n) is 1.99. The Labute approximate surface area is 144 Å². The first-order chi connectivity index (χ1) is 11.1. The topological polar surface area (TPSA) is 84.9 Å². The van der Waals surface area contributed by atoms with E-state index in [2.05, 4.69) is 5.32 Å². The van der Waals surface area contributed by atoms with E-state index in [1.807, 2.05) is 0 Å². The molecule has 1 fully saturated rings. The van der Waals surface area contributed by atoms with Gasteiger partial charge in [-0.1, -0.05) is 11.6 Å². The zero-order valence-corrected chi connectivity index (χ0v) is 14.4. The molecule has 24 heavy (non-hydrogen) atoms. The highest BCUT2D eigenvalue weighted by atomic mass is 35.5. The van der Waals surface area contributed by atoms with Crippen molar-refractivity contribution in [2.75, 3.05) is 19.4 Å². The highest BCUT2D eigenvalue weighted by Gasteiger charge is 2.39. The van der Waals surface area contributed by atoms with Gasteiger partial charge in [0.25, 0.3) is 11.7 Å². The van der Waals surface area contributed by atoms with E-state index in [0.29, 0.717) is 16.3 Å². The van der Waals surface area contributed by atoms with Gasteiger partial charge in [-0.15, -0.1) is 0 Å². The van der Waals surface area contributed by atoms with Gasteiger partial charge in [0, 0.05) is 39.2 Å². The van der Waals surface area contributed by atoms with Crippen LogP contribution >= 0.6 is 11.6 Å². The monoisotopic (exact) mass is 352 g/mol. The van der Waals surface area contributed by atoms with E-state index in [1.54, 1.807) is 26.2 Å². The predicted molar refractivity (Wildman–Crippen MR) is 87.4 cm³/mol. The number of rotatable bonds is 3. The molecule has 1 amide bonds. The molecule has 0 radical (unpaired) electrons. The molecule has 0 unspecified atom stereocenters. The molecule has 1 aliphatic rings. The van der Waals surface area contributed by atoms with Crippen LogP contribution in [0.5, 0.6) is 0 Å². The van der Waals surface area contributed by atoms with Crippen LogP contribution < -0.4 is 5.32 Å². The minimum absolute atomic E-state index is 0.284. The Hall–Kier alpha value is -2.54. The molecule has 1 heterocycles. The summed E-state index contributed by atoms with van der Waals surface area (Å²) >= 11 is 5.93. The summed E-state index contributed by atoms with van der Waals surface area (Å²) in [6, 6.07) is 4.64. The van der Waals surface area contributed by atoms with Crippen LogP contribution in [0.3, 0.4) is 0 Å². The van der Waals surface area contributed by atoms with E-state index in [4.69, 9.17) is 21.1 Å². The minimum Gasteiger partial charge on any atom is -0.419 e. The number of anilines is 1. The van der Waals surface area contributed by atoms with Gasteiger partial charge in [-0.25, -0.2) is 9.59 Å². The van der Waals surface area contributed by atoms with Crippen LogP contribution in [0.15, 0.2) is 30.0 Å². The fourth-order valence-corrected chi connectivity index (χ4v) is 2.16. The lowest BCUT2D eigenvalue weighted by molar-refractivity contribution is -0.222. The number of halogens is 1. The molecule has 8 heteroatoms. The smallest absolute Gasteiger partial charge is 0.350 e.